The Labute approximate surface area is 150 Å². The number of hydrogen-bond donors (Lipinski definition) is 3. The number of carbonyl (C=O) groups is 2. The highest BCUT2D eigenvalue weighted by Crippen LogP contribution is 2.28. The molecule has 25 heavy (non-hydrogen) atoms. The predicted octanol–water partition coefficient (Wildman–Crippen LogP) is -0.768. The third-order valence-electron chi connectivity index (χ3n) is 4.51. The molecule has 0 radical (unpaired) electrons. The molecule has 1 aliphatic carbocycles. The fourth-order valence-electron chi connectivity index (χ4n) is 2.79. The summed E-state index contributed by atoms with van der Waals surface area (Å²) in [5.41, 5.74) is 0. The molecule has 1 saturated carbocycles. The van der Waals surface area contributed by atoms with Gasteiger partial charge in [0.15, 0.2) is 5.96 Å². The molecule has 1 heterocycles. The van der Waals surface area contributed by atoms with Crippen LogP contribution < -0.4 is 16.0 Å². The van der Waals surface area contributed by atoms with Crippen molar-refractivity contribution in [3.8, 4) is 0 Å². The number of nitrogens with one attached hydrogen (secondary N) is 3. The molecule has 2 amide bonds. The Balaban J connectivity index is 1.61. The van der Waals surface area contributed by atoms with Crippen LogP contribution in [0.1, 0.15) is 26.7 Å². The summed E-state index contributed by atoms with van der Waals surface area (Å²) in [5, 5.41) is 9.41. The summed E-state index contributed by atoms with van der Waals surface area (Å²) >= 11 is 0. The average molecular weight is 352 g/mol. The number of rotatable bonds is 8. The summed E-state index contributed by atoms with van der Waals surface area (Å²) in [6.07, 6.45) is 2.06. The molecule has 2 rings (SSSR count). The Kier molecular flexibility index (Phi) is 7.97. The van der Waals surface area contributed by atoms with Gasteiger partial charge in [-0.3, -0.25) is 19.5 Å². The number of amides is 2. The minimum Gasteiger partial charge on any atom is -0.357 e. The van der Waals surface area contributed by atoms with Crippen molar-refractivity contribution in [2.24, 2.45) is 10.9 Å². The van der Waals surface area contributed by atoms with Crippen LogP contribution in [0, 0.1) is 5.92 Å². The van der Waals surface area contributed by atoms with Crippen molar-refractivity contribution >= 4 is 17.8 Å². The average Bonchev–Trinajstić information content (AvgIpc) is 3.44. The molecule has 0 spiro atoms. The number of guanidine groups is 1. The van der Waals surface area contributed by atoms with Crippen molar-refractivity contribution in [1.29, 1.82) is 0 Å². The maximum atomic E-state index is 11.6. The van der Waals surface area contributed by atoms with Crippen molar-refractivity contribution in [2.75, 3.05) is 58.9 Å². The van der Waals surface area contributed by atoms with Crippen LogP contribution in [0.15, 0.2) is 4.99 Å². The number of hydrogen-bond acceptors (Lipinski definition) is 4. The second-order valence-electron chi connectivity index (χ2n) is 6.60. The fourth-order valence-corrected chi connectivity index (χ4v) is 2.79. The third kappa shape index (κ3) is 7.29. The zero-order valence-corrected chi connectivity index (χ0v) is 15.5. The van der Waals surface area contributed by atoms with E-state index in [1.165, 1.54) is 0 Å². The molecule has 2 fully saturated rings. The number of carbonyl (C=O) groups excluding carboxylic acids is 2. The molecule has 0 bridgehead atoms. The van der Waals surface area contributed by atoms with Gasteiger partial charge in [-0.2, -0.15) is 0 Å². The zero-order valence-electron chi connectivity index (χ0n) is 15.5. The summed E-state index contributed by atoms with van der Waals surface area (Å²) < 4.78 is 0. The lowest BCUT2D eigenvalue weighted by atomic mass is 10.3. The Hall–Kier alpha value is -1.83. The van der Waals surface area contributed by atoms with Gasteiger partial charge in [0.05, 0.1) is 6.54 Å². The summed E-state index contributed by atoms with van der Waals surface area (Å²) in [6.45, 7) is 10.8. The van der Waals surface area contributed by atoms with Gasteiger partial charge in [-0.15, -0.1) is 0 Å². The SMILES string of the molecule is CCNC(=NCCN1CCN(C(C)=O)CC1)NCCNC(=O)C1CC1. The molecule has 1 saturated heterocycles. The van der Waals surface area contributed by atoms with Crippen molar-refractivity contribution in [3.05, 3.63) is 0 Å². The van der Waals surface area contributed by atoms with E-state index in [4.69, 9.17) is 0 Å². The van der Waals surface area contributed by atoms with E-state index in [0.717, 1.165) is 58.1 Å². The van der Waals surface area contributed by atoms with Crippen LogP contribution in [0.5, 0.6) is 0 Å². The second kappa shape index (κ2) is 10.2. The van der Waals surface area contributed by atoms with E-state index in [0.29, 0.717) is 19.6 Å². The molecular weight excluding hydrogens is 320 g/mol. The van der Waals surface area contributed by atoms with E-state index in [9.17, 15) is 9.59 Å². The van der Waals surface area contributed by atoms with Crippen LogP contribution in [0.2, 0.25) is 0 Å². The molecule has 0 aromatic rings. The van der Waals surface area contributed by atoms with Crippen LogP contribution in [-0.4, -0.2) is 86.5 Å². The smallest absolute Gasteiger partial charge is 0.223 e. The lowest BCUT2D eigenvalue weighted by Crippen LogP contribution is -2.48. The van der Waals surface area contributed by atoms with Gasteiger partial charge in [0.2, 0.25) is 11.8 Å². The van der Waals surface area contributed by atoms with Gasteiger partial charge in [0.25, 0.3) is 0 Å². The minimum atomic E-state index is 0.157. The maximum absolute atomic E-state index is 11.6. The Bertz CT molecular complexity index is 470. The molecule has 1 aliphatic heterocycles. The first-order valence-corrected chi connectivity index (χ1v) is 9.38. The normalized spacial score (nSPS) is 18.8. The van der Waals surface area contributed by atoms with Gasteiger partial charge in [0, 0.05) is 65.2 Å². The van der Waals surface area contributed by atoms with E-state index in [2.05, 4.69) is 25.8 Å². The first-order valence-electron chi connectivity index (χ1n) is 9.38. The molecule has 2 aliphatic rings. The molecule has 0 atom stereocenters. The van der Waals surface area contributed by atoms with Crippen molar-refractivity contribution < 1.29 is 9.59 Å². The molecular formula is C17H32N6O2. The molecule has 8 heteroatoms. The maximum Gasteiger partial charge on any atom is 0.223 e. The lowest BCUT2D eigenvalue weighted by molar-refractivity contribution is -0.130. The standard InChI is InChI=1S/C17H32N6O2/c1-3-18-17(20-7-6-19-16(25)15-4-5-15)21-8-9-22-10-12-23(13-11-22)14(2)24/h15H,3-13H2,1-2H3,(H,19,25)(H2,18,20,21). The van der Waals surface area contributed by atoms with Gasteiger partial charge in [-0.1, -0.05) is 0 Å². The molecule has 0 aromatic carbocycles. The highest BCUT2D eigenvalue weighted by Gasteiger charge is 2.28. The summed E-state index contributed by atoms with van der Waals surface area (Å²) in [6, 6.07) is 0. The van der Waals surface area contributed by atoms with Gasteiger partial charge in [0.1, 0.15) is 0 Å². The monoisotopic (exact) mass is 352 g/mol. The predicted molar refractivity (Wildman–Crippen MR) is 98.4 cm³/mol. The van der Waals surface area contributed by atoms with Crippen LogP contribution in [-0.2, 0) is 9.59 Å². The summed E-state index contributed by atoms with van der Waals surface area (Å²) in [7, 11) is 0. The van der Waals surface area contributed by atoms with Crippen LogP contribution in [0.4, 0.5) is 0 Å². The van der Waals surface area contributed by atoms with Gasteiger partial charge in [-0.25, -0.2) is 0 Å². The van der Waals surface area contributed by atoms with E-state index >= 15 is 0 Å². The first-order chi connectivity index (χ1) is 12.1. The van der Waals surface area contributed by atoms with E-state index in [1.807, 2.05) is 11.8 Å². The first kappa shape index (κ1) is 19.5. The molecule has 8 nitrogen and oxygen atoms in total. The number of aliphatic imine (C=N–C) groups is 1. The van der Waals surface area contributed by atoms with Crippen molar-refractivity contribution in [1.82, 2.24) is 25.8 Å². The molecule has 0 unspecified atom stereocenters. The zero-order chi connectivity index (χ0) is 18.1. The van der Waals surface area contributed by atoms with Gasteiger partial charge >= 0.3 is 0 Å². The van der Waals surface area contributed by atoms with E-state index in [1.54, 1.807) is 6.92 Å². The molecule has 3 N–H and O–H groups in total. The Morgan fingerprint density at radius 3 is 2.32 bits per heavy atom. The summed E-state index contributed by atoms with van der Waals surface area (Å²) in [4.78, 5) is 31.7. The summed E-state index contributed by atoms with van der Waals surface area (Å²) in [5.74, 6) is 1.37. The topological polar surface area (TPSA) is 89.1 Å². The Morgan fingerprint density at radius 2 is 1.72 bits per heavy atom. The van der Waals surface area contributed by atoms with Gasteiger partial charge < -0.3 is 20.9 Å². The molecule has 142 valence electrons. The number of nitrogens with zero attached hydrogens (tertiary/aromatic N) is 3. The highest BCUT2D eigenvalue weighted by atomic mass is 16.2. The third-order valence-corrected chi connectivity index (χ3v) is 4.51. The van der Waals surface area contributed by atoms with Crippen LogP contribution in [0.3, 0.4) is 0 Å². The van der Waals surface area contributed by atoms with Gasteiger partial charge in [-0.05, 0) is 19.8 Å². The van der Waals surface area contributed by atoms with E-state index in [-0.39, 0.29) is 17.7 Å². The van der Waals surface area contributed by atoms with Crippen LogP contribution in [0.25, 0.3) is 0 Å². The largest absolute Gasteiger partial charge is 0.357 e. The minimum absolute atomic E-state index is 0.157. The second-order valence-corrected chi connectivity index (χ2v) is 6.60. The lowest BCUT2D eigenvalue weighted by Gasteiger charge is -2.33. The quantitative estimate of drug-likeness (QED) is 0.303. The van der Waals surface area contributed by atoms with Crippen molar-refractivity contribution in [3.63, 3.8) is 0 Å². The van der Waals surface area contributed by atoms with E-state index < -0.39 is 0 Å². The molecule has 0 aromatic heterocycles. The fraction of sp³-hybridized carbons (Fsp3) is 0.824. The highest BCUT2D eigenvalue weighted by molar-refractivity contribution is 5.81. The Morgan fingerprint density at radius 1 is 1.04 bits per heavy atom. The van der Waals surface area contributed by atoms with Crippen molar-refractivity contribution in [2.45, 2.75) is 26.7 Å². The number of piperazine rings is 1. The van der Waals surface area contributed by atoms with Crippen LogP contribution >= 0.6 is 0 Å².